The molecule has 1 aromatic rings. The second-order valence-electron chi connectivity index (χ2n) is 2.29. The predicted molar refractivity (Wildman–Crippen MR) is 44.0 cm³/mol. The molecule has 0 saturated carbocycles. The number of rotatable bonds is 3. The van der Waals surface area contributed by atoms with E-state index in [1.807, 2.05) is 0 Å². The minimum atomic E-state index is -2.90. The van der Waals surface area contributed by atoms with Gasteiger partial charge in [-0.3, -0.25) is 0 Å². The maximum atomic E-state index is 11.8. The van der Waals surface area contributed by atoms with Gasteiger partial charge in [0, 0.05) is 10.6 Å². The molecule has 0 amide bonds. The maximum Gasteiger partial charge on any atom is 0.387 e. The Hall–Kier alpha value is -0.870. The van der Waals surface area contributed by atoms with E-state index in [2.05, 4.69) is 4.74 Å². The Balaban J connectivity index is 2.92. The third-order valence-electron chi connectivity index (χ3n) is 1.41. The highest BCUT2D eigenvalue weighted by molar-refractivity contribution is 6.30. The topological polar surface area (TPSA) is 29.5 Å². The van der Waals surface area contributed by atoms with E-state index in [9.17, 15) is 8.78 Å². The molecule has 0 aliphatic rings. The van der Waals surface area contributed by atoms with Crippen LogP contribution < -0.4 is 4.74 Å². The van der Waals surface area contributed by atoms with E-state index in [0.29, 0.717) is 5.02 Å². The van der Waals surface area contributed by atoms with E-state index >= 15 is 0 Å². The summed E-state index contributed by atoms with van der Waals surface area (Å²) in [7, 11) is 0. The first-order valence-corrected chi connectivity index (χ1v) is 3.85. The zero-order valence-corrected chi connectivity index (χ0v) is 7.26. The quantitative estimate of drug-likeness (QED) is 0.827. The smallest absolute Gasteiger partial charge is 0.387 e. The molecule has 1 aromatic carbocycles. The van der Waals surface area contributed by atoms with Gasteiger partial charge < -0.3 is 9.84 Å². The second-order valence-corrected chi connectivity index (χ2v) is 2.73. The normalized spacial score (nSPS) is 10.5. The van der Waals surface area contributed by atoms with Gasteiger partial charge in [0.25, 0.3) is 0 Å². The SMILES string of the molecule is OCc1cc(Cl)ccc1OC(F)F. The average molecular weight is 209 g/mol. The molecule has 0 spiro atoms. The van der Waals surface area contributed by atoms with Gasteiger partial charge in [-0.1, -0.05) is 11.6 Å². The molecule has 0 saturated heterocycles. The first-order chi connectivity index (χ1) is 6.13. The lowest BCUT2D eigenvalue weighted by Gasteiger charge is -2.08. The molecule has 1 N–H and O–H groups in total. The molecule has 0 aliphatic heterocycles. The third kappa shape index (κ3) is 2.82. The zero-order valence-electron chi connectivity index (χ0n) is 6.51. The van der Waals surface area contributed by atoms with Crippen LogP contribution in [-0.2, 0) is 6.61 Å². The van der Waals surface area contributed by atoms with Gasteiger partial charge in [-0.15, -0.1) is 0 Å². The van der Waals surface area contributed by atoms with Crippen LogP contribution >= 0.6 is 11.6 Å². The monoisotopic (exact) mass is 208 g/mol. The summed E-state index contributed by atoms with van der Waals surface area (Å²) < 4.78 is 27.7. The maximum absolute atomic E-state index is 11.8. The number of aliphatic hydroxyl groups excluding tert-OH is 1. The predicted octanol–water partition coefficient (Wildman–Crippen LogP) is 2.43. The van der Waals surface area contributed by atoms with E-state index in [-0.39, 0.29) is 17.9 Å². The number of ether oxygens (including phenoxy) is 1. The Morgan fingerprint density at radius 1 is 1.46 bits per heavy atom. The fourth-order valence-electron chi connectivity index (χ4n) is 0.883. The molecule has 0 heterocycles. The van der Waals surface area contributed by atoms with Crippen LogP contribution in [0.1, 0.15) is 5.56 Å². The van der Waals surface area contributed by atoms with Gasteiger partial charge in [-0.25, -0.2) is 0 Å². The summed E-state index contributed by atoms with van der Waals surface area (Å²) in [5.74, 6) is -0.0538. The van der Waals surface area contributed by atoms with Crippen LogP contribution in [0.15, 0.2) is 18.2 Å². The van der Waals surface area contributed by atoms with E-state index < -0.39 is 6.61 Å². The van der Waals surface area contributed by atoms with Crippen LogP contribution in [0.5, 0.6) is 5.75 Å². The molecule has 0 atom stereocenters. The summed E-state index contributed by atoms with van der Waals surface area (Å²) in [5.41, 5.74) is 0.243. The lowest BCUT2D eigenvalue weighted by Crippen LogP contribution is -2.04. The van der Waals surface area contributed by atoms with Crippen molar-refractivity contribution < 1.29 is 18.6 Å². The van der Waals surface area contributed by atoms with Crippen molar-refractivity contribution in [1.82, 2.24) is 0 Å². The lowest BCUT2D eigenvalue weighted by atomic mass is 10.2. The summed E-state index contributed by atoms with van der Waals surface area (Å²) in [6, 6.07) is 4.08. The summed E-state index contributed by atoms with van der Waals surface area (Å²) in [4.78, 5) is 0. The Morgan fingerprint density at radius 2 is 2.15 bits per heavy atom. The van der Waals surface area contributed by atoms with Gasteiger partial charge in [0.1, 0.15) is 5.75 Å². The Labute approximate surface area is 78.7 Å². The highest BCUT2D eigenvalue weighted by Gasteiger charge is 2.08. The minimum Gasteiger partial charge on any atom is -0.434 e. The van der Waals surface area contributed by atoms with Crippen molar-refractivity contribution in [2.75, 3.05) is 0 Å². The number of benzene rings is 1. The summed E-state index contributed by atoms with van der Waals surface area (Å²) in [6.07, 6.45) is 0. The molecule has 0 aromatic heterocycles. The second kappa shape index (κ2) is 4.39. The van der Waals surface area contributed by atoms with Crippen molar-refractivity contribution in [3.05, 3.63) is 28.8 Å². The highest BCUT2D eigenvalue weighted by atomic mass is 35.5. The molecular formula is C8H7ClF2O2. The van der Waals surface area contributed by atoms with Crippen molar-refractivity contribution >= 4 is 11.6 Å². The molecule has 0 radical (unpaired) electrons. The standard InChI is InChI=1S/C8H7ClF2O2/c9-6-1-2-7(13-8(10)11)5(3-6)4-12/h1-3,8,12H,4H2. The van der Waals surface area contributed by atoms with Crippen LogP contribution in [0.25, 0.3) is 0 Å². The molecule has 2 nitrogen and oxygen atoms in total. The molecule has 72 valence electrons. The number of halogens is 3. The number of alkyl halides is 2. The van der Waals surface area contributed by atoms with E-state index in [1.54, 1.807) is 0 Å². The Morgan fingerprint density at radius 3 is 2.69 bits per heavy atom. The fourth-order valence-corrected chi connectivity index (χ4v) is 1.08. The largest absolute Gasteiger partial charge is 0.434 e. The molecule has 0 bridgehead atoms. The molecule has 13 heavy (non-hydrogen) atoms. The van der Waals surface area contributed by atoms with E-state index in [0.717, 1.165) is 0 Å². The van der Waals surface area contributed by atoms with Crippen LogP contribution in [-0.4, -0.2) is 11.7 Å². The highest BCUT2D eigenvalue weighted by Crippen LogP contribution is 2.24. The van der Waals surface area contributed by atoms with Crippen molar-refractivity contribution in [3.63, 3.8) is 0 Å². The van der Waals surface area contributed by atoms with Gasteiger partial charge in [-0.05, 0) is 18.2 Å². The molecule has 0 unspecified atom stereocenters. The lowest BCUT2D eigenvalue weighted by molar-refractivity contribution is -0.0509. The van der Waals surface area contributed by atoms with Crippen LogP contribution in [0, 0.1) is 0 Å². The molecule has 0 aliphatic carbocycles. The molecule has 1 rings (SSSR count). The third-order valence-corrected chi connectivity index (χ3v) is 1.64. The average Bonchev–Trinajstić information content (AvgIpc) is 2.07. The van der Waals surface area contributed by atoms with Crippen molar-refractivity contribution in [2.45, 2.75) is 13.2 Å². The van der Waals surface area contributed by atoms with Crippen LogP contribution in [0.2, 0.25) is 5.02 Å². The fraction of sp³-hybridized carbons (Fsp3) is 0.250. The molecule has 0 fully saturated rings. The summed E-state index contributed by atoms with van der Waals surface area (Å²) in [5, 5.41) is 9.14. The van der Waals surface area contributed by atoms with Crippen LogP contribution in [0.4, 0.5) is 8.78 Å². The number of hydrogen-bond acceptors (Lipinski definition) is 2. The zero-order chi connectivity index (χ0) is 9.84. The first kappa shape index (κ1) is 10.2. The summed E-state index contributed by atoms with van der Waals surface area (Å²) in [6.45, 7) is -3.28. The molecular weight excluding hydrogens is 202 g/mol. The van der Waals surface area contributed by atoms with Crippen molar-refractivity contribution in [2.24, 2.45) is 0 Å². The Kier molecular flexibility index (Phi) is 3.45. The number of aliphatic hydroxyl groups is 1. The van der Waals surface area contributed by atoms with Gasteiger partial charge in [0.2, 0.25) is 0 Å². The van der Waals surface area contributed by atoms with E-state index in [1.165, 1.54) is 18.2 Å². The Bertz CT molecular complexity index is 291. The summed E-state index contributed by atoms with van der Waals surface area (Å²) >= 11 is 5.58. The number of hydrogen-bond donors (Lipinski definition) is 1. The van der Waals surface area contributed by atoms with Crippen molar-refractivity contribution in [1.29, 1.82) is 0 Å². The minimum absolute atomic E-state index is 0.0538. The van der Waals surface area contributed by atoms with Crippen LogP contribution in [0.3, 0.4) is 0 Å². The van der Waals surface area contributed by atoms with Crippen molar-refractivity contribution in [3.8, 4) is 5.75 Å². The van der Waals surface area contributed by atoms with E-state index in [4.69, 9.17) is 16.7 Å². The van der Waals surface area contributed by atoms with Gasteiger partial charge in [0.05, 0.1) is 6.61 Å². The van der Waals surface area contributed by atoms with Gasteiger partial charge in [0.15, 0.2) is 0 Å². The first-order valence-electron chi connectivity index (χ1n) is 3.47. The molecule has 5 heteroatoms. The van der Waals surface area contributed by atoms with Gasteiger partial charge >= 0.3 is 6.61 Å². The van der Waals surface area contributed by atoms with Gasteiger partial charge in [-0.2, -0.15) is 8.78 Å².